The second-order valence-electron chi connectivity index (χ2n) is 5.66. The fourth-order valence-electron chi connectivity index (χ4n) is 2.83. The molecule has 1 atom stereocenters. The Labute approximate surface area is 129 Å². The summed E-state index contributed by atoms with van der Waals surface area (Å²) in [6, 6.07) is 4.24. The van der Waals surface area contributed by atoms with Gasteiger partial charge in [0.2, 0.25) is 5.91 Å². The Hall–Kier alpha value is -2.38. The van der Waals surface area contributed by atoms with Crippen LogP contribution in [0.25, 0.3) is 10.9 Å². The van der Waals surface area contributed by atoms with E-state index in [0.29, 0.717) is 10.9 Å². The maximum atomic E-state index is 12.5. The fourth-order valence-corrected chi connectivity index (χ4v) is 2.83. The maximum Gasteiger partial charge on any atom is 0.406 e. The van der Waals surface area contributed by atoms with Crippen molar-refractivity contribution in [3.8, 4) is 0 Å². The molecule has 1 aromatic heterocycles. The second-order valence-corrected chi connectivity index (χ2v) is 5.66. The molecule has 2 heterocycles. The molecule has 1 aliphatic rings. The van der Waals surface area contributed by atoms with Crippen LogP contribution in [0, 0.1) is 6.92 Å². The van der Waals surface area contributed by atoms with Crippen LogP contribution < -0.4 is 5.56 Å². The van der Waals surface area contributed by atoms with E-state index in [1.807, 2.05) is 13.0 Å². The summed E-state index contributed by atoms with van der Waals surface area (Å²) in [5.74, 6) is -0.696. The van der Waals surface area contributed by atoms with E-state index in [9.17, 15) is 22.8 Å². The lowest BCUT2D eigenvalue weighted by atomic mass is 10.1. The van der Waals surface area contributed by atoms with Gasteiger partial charge in [0.15, 0.2) is 0 Å². The monoisotopic (exact) mass is 325 g/mol. The number of fused-ring (bicyclic) bond motifs is 1. The summed E-state index contributed by atoms with van der Waals surface area (Å²) < 4.78 is 38.5. The number of benzene rings is 1. The van der Waals surface area contributed by atoms with Crippen LogP contribution in [0.5, 0.6) is 0 Å². The van der Waals surface area contributed by atoms with Crippen molar-refractivity contribution in [2.45, 2.75) is 25.6 Å². The quantitative estimate of drug-likeness (QED) is 0.849. The van der Waals surface area contributed by atoms with Crippen LogP contribution in [-0.4, -0.2) is 39.6 Å². The minimum Gasteiger partial charge on any atom is -0.332 e. The average Bonchev–Trinajstić information content (AvgIpc) is 2.80. The summed E-state index contributed by atoms with van der Waals surface area (Å²) in [5, 5.41) is 0.356. The van der Waals surface area contributed by atoms with Crippen molar-refractivity contribution in [3.63, 3.8) is 0 Å². The van der Waals surface area contributed by atoms with Gasteiger partial charge in [0, 0.05) is 6.54 Å². The first-order valence-electron chi connectivity index (χ1n) is 7.09. The Morgan fingerprint density at radius 3 is 2.74 bits per heavy atom. The van der Waals surface area contributed by atoms with Crippen LogP contribution in [0.4, 0.5) is 13.2 Å². The Morgan fingerprint density at radius 1 is 1.30 bits per heavy atom. The van der Waals surface area contributed by atoms with Crippen molar-refractivity contribution in [2.75, 3.05) is 13.1 Å². The van der Waals surface area contributed by atoms with Crippen LogP contribution in [-0.2, 0) is 4.79 Å². The number of amides is 1. The van der Waals surface area contributed by atoms with Crippen molar-refractivity contribution in [2.24, 2.45) is 0 Å². The van der Waals surface area contributed by atoms with E-state index in [4.69, 9.17) is 0 Å². The second kappa shape index (κ2) is 5.36. The molecular weight excluding hydrogens is 311 g/mol. The molecule has 0 saturated carbocycles. The number of halogens is 3. The van der Waals surface area contributed by atoms with E-state index in [0.717, 1.165) is 15.0 Å². The molecule has 23 heavy (non-hydrogen) atoms. The van der Waals surface area contributed by atoms with Crippen LogP contribution >= 0.6 is 0 Å². The predicted molar refractivity (Wildman–Crippen MR) is 77.0 cm³/mol. The first-order valence-corrected chi connectivity index (χ1v) is 7.09. The predicted octanol–water partition coefficient (Wildman–Crippen LogP) is 2.04. The third-order valence-corrected chi connectivity index (χ3v) is 3.91. The van der Waals surface area contributed by atoms with Gasteiger partial charge in [-0.1, -0.05) is 11.6 Å². The molecule has 1 amide bonds. The molecule has 2 aromatic rings. The van der Waals surface area contributed by atoms with Crippen LogP contribution in [0.1, 0.15) is 18.0 Å². The Bertz CT molecular complexity index is 829. The Balaban J connectivity index is 1.97. The largest absolute Gasteiger partial charge is 0.406 e. The van der Waals surface area contributed by atoms with Crippen molar-refractivity contribution in [1.29, 1.82) is 0 Å². The summed E-state index contributed by atoms with van der Waals surface area (Å²) in [7, 11) is 0. The number of aromatic nitrogens is 2. The minimum absolute atomic E-state index is 0.0265. The first-order chi connectivity index (χ1) is 10.8. The standard InChI is InChI=1S/C15H14F3N3O2/c1-9-2-3-11-10(6-9)13(22)21(8-19-11)12-4-5-20(14(12)23)7-15(16,17)18/h2-3,6,8,12H,4-5,7H2,1H3/t12-/m0/s1. The van der Waals surface area contributed by atoms with Gasteiger partial charge in [0.1, 0.15) is 12.6 Å². The SMILES string of the molecule is Cc1ccc2ncn([C@H]3CCN(CC(F)(F)F)C3=O)c(=O)c2c1. The lowest BCUT2D eigenvalue weighted by molar-refractivity contribution is -0.158. The zero-order chi connectivity index (χ0) is 16.8. The number of nitrogens with zero attached hydrogens (tertiary/aromatic N) is 3. The summed E-state index contributed by atoms with van der Waals surface area (Å²) in [6.07, 6.45) is -3.05. The van der Waals surface area contributed by atoms with Gasteiger partial charge in [-0.2, -0.15) is 13.2 Å². The average molecular weight is 325 g/mol. The molecule has 1 saturated heterocycles. The lowest BCUT2D eigenvalue weighted by Crippen LogP contribution is -2.38. The smallest absolute Gasteiger partial charge is 0.332 e. The van der Waals surface area contributed by atoms with Gasteiger partial charge >= 0.3 is 6.18 Å². The molecule has 0 radical (unpaired) electrons. The zero-order valence-electron chi connectivity index (χ0n) is 12.3. The van der Waals surface area contributed by atoms with Gasteiger partial charge in [-0.3, -0.25) is 14.2 Å². The zero-order valence-corrected chi connectivity index (χ0v) is 12.3. The summed E-state index contributed by atoms with van der Waals surface area (Å²) in [6.45, 7) is 0.501. The van der Waals surface area contributed by atoms with Crippen molar-refractivity contribution in [1.82, 2.24) is 14.5 Å². The number of carbonyl (C=O) groups excluding carboxylic acids is 1. The van der Waals surface area contributed by atoms with E-state index in [-0.39, 0.29) is 13.0 Å². The molecule has 0 aliphatic carbocycles. The highest BCUT2D eigenvalue weighted by atomic mass is 19.4. The van der Waals surface area contributed by atoms with Crippen molar-refractivity contribution in [3.05, 3.63) is 40.4 Å². The van der Waals surface area contributed by atoms with E-state index in [1.165, 1.54) is 6.33 Å². The van der Waals surface area contributed by atoms with Gasteiger partial charge in [0.05, 0.1) is 17.2 Å². The van der Waals surface area contributed by atoms with Crippen molar-refractivity contribution >= 4 is 16.8 Å². The fraction of sp³-hybridized carbons (Fsp3) is 0.400. The number of carbonyl (C=O) groups is 1. The third-order valence-electron chi connectivity index (χ3n) is 3.91. The molecule has 1 fully saturated rings. The molecule has 1 aromatic carbocycles. The summed E-state index contributed by atoms with van der Waals surface area (Å²) in [4.78, 5) is 29.6. The van der Waals surface area contributed by atoms with Gasteiger partial charge < -0.3 is 4.90 Å². The van der Waals surface area contributed by atoms with Gasteiger partial charge in [-0.25, -0.2) is 4.98 Å². The molecule has 0 N–H and O–H groups in total. The number of aryl methyl sites for hydroxylation is 1. The molecule has 122 valence electrons. The molecule has 8 heteroatoms. The molecule has 3 rings (SSSR count). The normalized spacial score (nSPS) is 18.9. The van der Waals surface area contributed by atoms with E-state index in [2.05, 4.69) is 4.98 Å². The highest BCUT2D eigenvalue weighted by Crippen LogP contribution is 2.26. The van der Waals surface area contributed by atoms with E-state index in [1.54, 1.807) is 12.1 Å². The minimum atomic E-state index is -4.45. The number of hydrogen-bond donors (Lipinski definition) is 0. The number of alkyl halides is 3. The highest BCUT2D eigenvalue weighted by Gasteiger charge is 2.40. The molecule has 0 bridgehead atoms. The van der Waals surface area contributed by atoms with Crippen molar-refractivity contribution < 1.29 is 18.0 Å². The molecule has 0 unspecified atom stereocenters. The number of hydrogen-bond acceptors (Lipinski definition) is 3. The lowest BCUT2D eigenvalue weighted by Gasteiger charge is -2.19. The molecule has 1 aliphatic heterocycles. The first kappa shape index (κ1) is 15.5. The van der Waals surface area contributed by atoms with E-state index < -0.39 is 30.2 Å². The molecule has 0 spiro atoms. The van der Waals surface area contributed by atoms with Crippen LogP contribution in [0.2, 0.25) is 0 Å². The highest BCUT2D eigenvalue weighted by molar-refractivity contribution is 5.83. The van der Waals surface area contributed by atoms with Gasteiger partial charge in [0.25, 0.3) is 5.56 Å². The van der Waals surface area contributed by atoms with E-state index >= 15 is 0 Å². The molecule has 5 nitrogen and oxygen atoms in total. The topological polar surface area (TPSA) is 55.2 Å². The summed E-state index contributed by atoms with van der Waals surface area (Å²) in [5.41, 5.74) is 0.950. The number of likely N-dealkylation sites (tertiary alicyclic amines) is 1. The maximum absolute atomic E-state index is 12.5. The van der Waals surface area contributed by atoms with Gasteiger partial charge in [-0.05, 0) is 25.5 Å². The van der Waals surface area contributed by atoms with Crippen LogP contribution in [0.15, 0.2) is 29.3 Å². The molecular formula is C15H14F3N3O2. The number of rotatable bonds is 2. The summed E-state index contributed by atoms with van der Waals surface area (Å²) >= 11 is 0. The Kier molecular flexibility index (Phi) is 3.62. The Morgan fingerprint density at radius 2 is 2.04 bits per heavy atom. The van der Waals surface area contributed by atoms with Crippen LogP contribution in [0.3, 0.4) is 0 Å². The van der Waals surface area contributed by atoms with Gasteiger partial charge in [-0.15, -0.1) is 0 Å². The third kappa shape index (κ3) is 2.93.